The summed E-state index contributed by atoms with van der Waals surface area (Å²) in [7, 11) is 0. The van der Waals surface area contributed by atoms with Crippen molar-refractivity contribution in [2.24, 2.45) is 0 Å². The van der Waals surface area contributed by atoms with Crippen molar-refractivity contribution in [3.8, 4) is 11.5 Å². The fourth-order valence-corrected chi connectivity index (χ4v) is 5.20. The average Bonchev–Trinajstić information content (AvgIpc) is 2.83. The summed E-state index contributed by atoms with van der Waals surface area (Å²) in [4.78, 5) is 38.9. The molecule has 10 heteroatoms. The third kappa shape index (κ3) is 5.51. The highest BCUT2D eigenvalue weighted by Crippen LogP contribution is 2.39. The average molecular weight is 529 g/mol. The van der Waals surface area contributed by atoms with E-state index >= 15 is 0 Å². The van der Waals surface area contributed by atoms with E-state index < -0.39 is 24.1 Å². The van der Waals surface area contributed by atoms with Gasteiger partial charge in [-0.1, -0.05) is 23.7 Å². The Labute approximate surface area is 219 Å². The molecule has 0 aliphatic carbocycles. The van der Waals surface area contributed by atoms with Gasteiger partial charge in [0.1, 0.15) is 24.7 Å². The first-order valence-electron chi connectivity index (χ1n) is 11.9. The zero-order valence-electron chi connectivity index (χ0n) is 20.9. The third-order valence-electron chi connectivity index (χ3n) is 6.91. The van der Waals surface area contributed by atoms with Crippen molar-refractivity contribution in [1.29, 1.82) is 0 Å². The predicted molar refractivity (Wildman–Crippen MR) is 137 cm³/mol. The van der Waals surface area contributed by atoms with Gasteiger partial charge in [0.05, 0.1) is 22.7 Å². The van der Waals surface area contributed by atoms with Gasteiger partial charge in [-0.3, -0.25) is 9.69 Å². The van der Waals surface area contributed by atoms with E-state index in [4.69, 9.17) is 21.1 Å². The van der Waals surface area contributed by atoms with Crippen molar-refractivity contribution in [3.05, 3.63) is 63.7 Å². The Morgan fingerprint density at radius 3 is 2.27 bits per heavy atom. The molecule has 2 aromatic carbocycles. The number of rotatable bonds is 7. The number of aryl methyl sites for hydroxylation is 2. The number of fused-ring (bicyclic) bond motifs is 2. The number of carboxylic acids is 1. The van der Waals surface area contributed by atoms with Crippen LogP contribution in [0.4, 0.5) is 4.79 Å². The van der Waals surface area contributed by atoms with Crippen molar-refractivity contribution < 1.29 is 34.1 Å². The number of benzene rings is 2. The Morgan fingerprint density at radius 2 is 1.65 bits per heavy atom. The molecular formula is C27H29ClN2O7. The normalized spacial score (nSPS) is 19.0. The quantitative estimate of drug-likeness (QED) is 0.516. The lowest BCUT2D eigenvalue weighted by Gasteiger charge is -2.49. The van der Waals surface area contributed by atoms with Gasteiger partial charge in [0.15, 0.2) is 0 Å². The number of hydrogen-bond donors (Lipinski definition) is 2. The molecule has 1 fully saturated rings. The fraction of sp³-hybridized carbons (Fsp3) is 0.370. The van der Waals surface area contributed by atoms with Crippen LogP contribution in [-0.4, -0.2) is 76.4 Å². The first-order valence-corrected chi connectivity index (χ1v) is 12.3. The molecule has 2 heterocycles. The van der Waals surface area contributed by atoms with E-state index in [9.17, 15) is 24.6 Å². The number of carboxylic acid groups (broad SMARTS) is 2. The number of nitrogens with zero attached hydrogens (tertiary/aromatic N) is 2. The summed E-state index contributed by atoms with van der Waals surface area (Å²) in [6, 6.07) is 9.31. The fourth-order valence-electron chi connectivity index (χ4n) is 4.93. The summed E-state index contributed by atoms with van der Waals surface area (Å²) in [6.45, 7) is 6.17. The second-order valence-corrected chi connectivity index (χ2v) is 9.68. The number of amides is 2. The molecule has 0 aromatic heterocycles. The van der Waals surface area contributed by atoms with E-state index in [0.29, 0.717) is 34.3 Å². The van der Waals surface area contributed by atoms with Crippen molar-refractivity contribution in [3.63, 3.8) is 0 Å². The van der Waals surface area contributed by atoms with Gasteiger partial charge in [0.2, 0.25) is 5.91 Å². The van der Waals surface area contributed by atoms with Crippen LogP contribution >= 0.6 is 11.6 Å². The number of ether oxygens (including phenoxy) is 2. The van der Waals surface area contributed by atoms with Gasteiger partial charge >= 0.3 is 12.1 Å². The summed E-state index contributed by atoms with van der Waals surface area (Å²) in [5, 5.41) is 20.3. The van der Waals surface area contributed by atoms with Crippen molar-refractivity contribution in [2.75, 3.05) is 26.3 Å². The van der Waals surface area contributed by atoms with Crippen LogP contribution in [-0.2, 0) is 9.59 Å². The predicted octanol–water partition coefficient (Wildman–Crippen LogP) is 4.24. The Kier molecular flexibility index (Phi) is 7.63. The van der Waals surface area contributed by atoms with Crippen LogP contribution in [0.5, 0.6) is 11.5 Å². The summed E-state index contributed by atoms with van der Waals surface area (Å²) < 4.78 is 11.5. The molecule has 1 saturated heterocycles. The minimum absolute atomic E-state index is 0.00283. The molecule has 2 unspecified atom stereocenters. The Hall–Kier alpha value is -3.72. The standard InChI is InChI=1S/C27H29ClN2O7/c1-15-10-22(28)24(11-16(15)2)37-9-8-36-20-6-4-18(5-7-20)21-12-19-13-29(17(3)31)14-23(25(21)26(32)33)30(19)27(34)35/h4-7,10-11,19,23H,8-9,12-14H2,1-3H3,(H,32,33)(H,34,35). The van der Waals surface area contributed by atoms with Gasteiger partial charge in [0, 0.05) is 20.0 Å². The lowest BCUT2D eigenvalue weighted by molar-refractivity contribution is -0.137. The summed E-state index contributed by atoms with van der Waals surface area (Å²) in [6.07, 6.45) is -0.997. The van der Waals surface area contributed by atoms with E-state index in [0.717, 1.165) is 11.1 Å². The number of halogens is 1. The van der Waals surface area contributed by atoms with E-state index in [1.807, 2.05) is 26.0 Å². The van der Waals surface area contributed by atoms with Gasteiger partial charge in [-0.15, -0.1) is 0 Å². The number of aliphatic carboxylic acids is 1. The minimum Gasteiger partial charge on any atom is -0.490 e. The topological polar surface area (TPSA) is 117 Å². The van der Waals surface area contributed by atoms with Crippen molar-refractivity contribution >= 4 is 35.1 Å². The lowest BCUT2D eigenvalue weighted by Crippen LogP contribution is -2.64. The molecule has 196 valence electrons. The van der Waals surface area contributed by atoms with E-state index in [2.05, 4.69) is 0 Å². The maximum Gasteiger partial charge on any atom is 0.408 e. The van der Waals surface area contributed by atoms with Crippen molar-refractivity contribution in [1.82, 2.24) is 9.80 Å². The second kappa shape index (κ2) is 10.7. The molecule has 0 spiro atoms. The minimum atomic E-state index is -1.20. The molecule has 2 aliphatic rings. The second-order valence-electron chi connectivity index (χ2n) is 9.27. The molecule has 2 aromatic rings. The van der Waals surface area contributed by atoms with Gasteiger partial charge in [0.25, 0.3) is 0 Å². The maximum atomic E-state index is 12.3. The number of piperazine rings is 1. The molecule has 0 radical (unpaired) electrons. The molecular weight excluding hydrogens is 500 g/mol. The molecule has 2 atom stereocenters. The first kappa shape index (κ1) is 26.3. The summed E-state index contributed by atoms with van der Waals surface area (Å²) in [5.41, 5.74) is 3.42. The molecule has 4 rings (SSSR count). The van der Waals surface area contributed by atoms with Crippen molar-refractivity contribution in [2.45, 2.75) is 39.3 Å². The van der Waals surface area contributed by atoms with Crippen LogP contribution < -0.4 is 9.47 Å². The van der Waals surface area contributed by atoms with Crippen LogP contribution in [0.3, 0.4) is 0 Å². The Morgan fingerprint density at radius 1 is 1.00 bits per heavy atom. The number of hydrogen-bond acceptors (Lipinski definition) is 5. The third-order valence-corrected chi connectivity index (χ3v) is 7.20. The zero-order valence-corrected chi connectivity index (χ0v) is 21.6. The van der Waals surface area contributed by atoms with E-state index in [-0.39, 0.29) is 37.6 Å². The van der Waals surface area contributed by atoms with Crippen LogP contribution in [0, 0.1) is 13.8 Å². The highest BCUT2D eigenvalue weighted by atomic mass is 35.5. The molecule has 2 bridgehead atoms. The summed E-state index contributed by atoms with van der Waals surface area (Å²) >= 11 is 6.24. The lowest BCUT2D eigenvalue weighted by atomic mass is 9.82. The molecule has 0 saturated carbocycles. The van der Waals surface area contributed by atoms with E-state index in [1.54, 1.807) is 24.3 Å². The monoisotopic (exact) mass is 528 g/mol. The number of carbonyl (C=O) groups is 3. The first-order chi connectivity index (χ1) is 17.6. The Balaban J connectivity index is 1.48. The molecule has 9 nitrogen and oxygen atoms in total. The highest BCUT2D eigenvalue weighted by molar-refractivity contribution is 6.32. The van der Waals surface area contributed by atoms with Crippen LogP contribution in [0.25, 0.3) is 5.57 Å². The smallest absolute Gasteiger partial charge is 0.408 e. The van der Waals surface area contributed by atoms with Gasteiger partial charge in [-0.05, 0) is 66.8 Å². The molecule has 37 heavy (non-hydrogen) atoms. The summed E-state index contributed by atoms with van der Waals surface area (Å²) in [5.74, 6) is -0.226. The molecule has 2 amide bonds. The SMILES string of the molecule is CC(=O)N1CC2CC(c3ccc(OCCOc4cc(C)c(C)cc4Cl)cc3)=C(C(=O)O)C(C1)N2C(=O)O. The Bertz CT molecular complexity index is 1260. The largest absolute Gasteiger partial charge is 0.490 e. The number of carbonyl (C=O) groups excluding carboxylic acids is 1. The van der Waals surface area contributed by atoms with Gasteiger partial charge in [-0.25, -0.2) is 9.59 Å². The van der Waals surface area contributed by atoms with Gasteiger partial charge < -0.3 is 24.6 Å². The highest BCUT2D eigenvalue weighted by Gasteiger charge is 2.47. The van der Waals surface area contributed by atoms with Crippen LogP contribution in [0.1, 0.15) is 30.0 Å². The van der Waals surface area contributed by atoms with Crippen LogP contribution in [0.2, 0.25) is 5.02 Å². The van der Waals surface area contributed by atoms with E-state index in [1.165, 1.54) is 16.7 Å². The molecule has 2 N–H and O–H groups in total. The zero-order chi connectivity index (χ0) is 26.9. The molecule has 2 aliphatic heterocycles. The van der Waals surface area contributed by atoms with Gasteiger partial charge in [-0.2, -0.15) is 0 Å². The maximum absolute atomic E-state index is 12.3. The van der Waals surface area contributed by atoms with Crippen LogP contribution in [0.15, 0.2) is 42.0 Å².